The number of benzene rings is 2. The molecule has 0 bridgehead atoms. The van der Waals surface area contributed by atoms with Crippen molar-refractivity contribution >= 4 is 23.4 Å². The molecule has 1 aliphatic heterocycles. The van der Waals surface area contributed by atoms with Gasteiger partial charge in [-0.15, -0.1) is 0 Å². The number of carbonyl (C=O) groups is 1. The highest BCUT2D eigenvalue weighted by Crippen LogP contribution is 2.28. The Bertz CT molecular complexity index is 1100. The van der Waals surface area contributed by atoms with E-state index < -0.39 is 18.1 Å². The van der Waals surface area contributed by atoms with Crippen LogP contribution in [0.1, 0.15) is 19.4 Å². The van der Waals surface area contributed by atoms with E-state index >= 15 is 0 Å². The molecule has 0 amide bonds. The van der Waals surface area contributed by atoms with Gasteiger partial charge in [-0.2, -0.15) is 15.6 Å². The highest BCUT2D eigenvalue weighted by Gasteiger charge is 2.37. The molecule has 32 heavy (non-hydrogen) atoms. The second-order valence-corrected chi connectivity index (χ2v) is 7.33. The Balaban J connectivity index is 1.78. The highest BCUT2D eigenvalue weighted by atomic mass is 16.6. The van der Waals surface area contributed by atoms with Crippen LogP contribution >= 0.6 is 0 Å². The Kier molecular flexibility index (Phi) is 7.22. The first-order valence-electron chi connectivity index (χ1n) is 10.1. The van der Waals surface area contributed by atoms with Crippen LogP contribution in [0.4, 0.5) is 5.69 Å². The van der Waals surface area contributed by atoms with Crippen LogP contribution in [-0.4, -0.2) is 30.6 Å². The molecule has 0 fully saturated rings. The van der Waals surface area contributed by atoms with Gasteiger partial charge in [-0.3, -0.25) is 0 Å². The molecule has 3 rings (SSSR count). The topological polar surface area (TPSA) is 125 Å². The molecule has 0 spiro atoms. The van der Waals surface area contributed by atoms with Crippen LogP contribution in [0.3, 0.4) is 0 Å². The van der Waals surface area contributed by atoms with Crippen molar-refractivity contribution in [2.75, 3.05) is 11.6 Å². The molecule has 0 aromatic heterocycles. The zero-order valence-electron chi connectivity index (χ0n) is 17.8. The molecular formula is C24H23N5O3. The fourth-order valence-corrected chi connectivity index (χ4v) is 3.15. The summed E-state index contributed by atoms with van der Waals surface area (Å²) in [6, 6.07) is 20.4. The first-order chi connectivity index (χ1) is 15.4. The van der Waals surface area contributed by atoms with Gasteiger partial charge in [0.25, 0.3) is 0 Å². The second kappa shape index (κ2) is 10.3. The minimum Gasteiger partial charge on any atom is -0.482 e. The summed E-state index contributed by atoms with van der Waals surface area (Å²) in [5.41, 5.74) is 8.27. The van der Waals surface area contributed by atoms with Crippen molar-refractivity contribution in [3.63, 3.8) is 0 Å². The molecule has 0 aliphatic carbocycles. The number of carbonyl (C=O) groups excluding carboxylic acids is 1. The van der Waals surface area contributed by atoms with Gasteiger partial charge in [0.15, 0.2) is 6.61 Å². The molecule has 8 heteroatoms. The summed E-state index contributed by atoms with van der Waals surface area (Å²) in [5, 5.41) is 25.4. The van der Waals surface area contributed by atoms with Crippen LogP contribution in [-0.2, 0) is 9.53 Å². The van der Waals surface area contributed by atoms with E-state index in [0.29, 0.717) is 17.0 Å². The number of nitriles is 2. The Morgan fingerprint density at radius 3 is 2.47 bits per heavy atom. The van der Waals surface area contributed by atoms with Crippen LogP contribution in [0.2, 0.25) is 0 Å². The number of rotatable bonds is 7. The van der Waals surface area contributed by atoms with Crippen molar-refractivity contribution in [2.24, 2.45) is 16.8 Å². The van der Waals surface area contributed by atoms with Crippen molar-refractivity contribution in [1.29, 1.82) is 10.5 Å². The van der Waals surface area contributed by atoms with Crippen molar-refractivity contribution in [3.05, 3.63) is 65.7 Å². The van der Waals surface area contributed by atoms with Crippen molar-refractivity contribution in [1.82, 2.24) is 0 Å². The number of esters is 1. The van der Waals surface area contributed by atoms with Crippen LogP contribution in [0, 0.1) is 28.6 Å². The molecule has 1 aliphatic rings. The minimum atomic E-state index is -0.754. The van der Waals surface area contributed by atoms with E-state index in [-0.39, 0.29) is 18.3 Å². The average molecular weight is 429 g/mol. The first kappa shape index (κ1) is 22.5. The lowest BCUT2D eigenvalue weighted by Gasteiger charge is -2.21. The summed E-state index contributed by atoms with van der Waals surface area (Å²) < 4.78 is 10.4. The number of nitrogens with two attached hydrogens (primary N) is 1. The lowest BCUT2D eigenvalue weighted by molar-refractivity contribution is -0.149. The summed E-state index contributed by atoms with van der Waals surface area (Å²) in [7, 11) is 0. The predicted octanol–water partition coefficient (Wildman–Crippen LogP) is 3.22. The molecule has 2 aromatic rings. The van der Waals surface area contributed by atoms with Gasteiger partial charge >= 0.3 is 5.97 Å². The Hall–Kier alpha value is -4.14. The summed E-state index contributed by atoms with van der Waals surface area (Å²) in [4.78, 5) is 11.6. The Morgan fingerprint density at radius 1 is 1.19 bits per heavy atom. The molecule has 0 unspecified atom stereocenters. The van der Waals surface area contributed by atoms with Gasteiger partial charge in [0.05, 0.1) is 29.1 Å². The van der Waals surface area contributed by atoms with Crippen LogP contribution in [0.5, 0.6) is 5.75 Å². The number of ether oxygens (including phenoxy) is 2. The van der Waals surface area contributed by atoms with Gasteiger partial charge in [-0.1, -0.05) is 30.3 Å². The third-order valence-corrected chi connectivity index (χ3v) is 4.61. The van der Waals surface area contributed by atoms with E-state index in [4.69, 9.17) is 15.2 Å². The lowest BCUT2D eigenvalue weighted by atomic mass is 9.95. The van der Waals surface area contributed by atoms with E-state index in [1.54, 1.807) is 49.2 Å². The zero-order chi connectivity index (χ0) is 23.1. The van der Waals surface area contributed by atoms with Crippen LogP contribution < -0.4 is 15.5 Å². The third kappa shape index (κ3) is 5.31. The van der Waals surface area contributed by atoms with E-state index in [1.807, 2.05) is 30.3 Å². The largest absolute Gasteiger partial charge is 0.482 e. The number of hydrogen-bond donors (Lipinski definition) is 1. The molecular weight excluding hydrogens is 406 g/mol. The molecule has 2 aromatic carbocycles. The van der Waals surface area contributed by atoms with Gasteiger partial charge in [0.1, 0.15) is 23.9 Å². The molecule has 2 atom stereocenters. The van der Waals surface area contributed by atoms with Crippen molar-refractivity contribution < 1.29 is 14.3 Å². The number of hydrogen-bond acceptors (Lipinski definition) is 8. The summed E-state index contributed by atoms with van der Waals surface area (Å²) in [6.45, 7) is 3.34. The molecule has 0 radical (unpaired) electrons. The Morgan fingerprint density at radius 2 is 1.88 bits per heavy atom. The standard InChI is InChI=1S/C24H23N5O3/c1-16(2)32-22(30)15-31-20-10-8-17(9-11-20)12-18(13-25)23-21(14-26)24(27)29(28-23)19-6-4-3-5-7-19/h3-12,16,21,24H,15,27H2,1-2H3/b18-12-/t21-,24+/m1/s1. The number of anilines is 1. The maximum Gasteiger partial charge on any atom is 0.344 e. The van der Waals surface area contributed by atoms with Crippen molar-refractivity contribution in [3.8, 4) is 17.9 Å². The molecule has 0 saturated carbocycles. The fourth-order valence-electron chi connectivity index (χ4n) is 3.15. The van der Waals surface area contributed by atoms with Gasteiger partial charge in [0.2, 0.25) is 0 Å². The second-order valence-electron chi connectivity index (χ2n) is 7.33. The third-order valence-electron chi connectivity index (χ3n) is 4.61. The summed E-state index contributed by atoms with van der Waals surface area (Å²) in [6.07, 6.45) is 0.737. The van der Waals surface area contributed by atoms with E-state index in [1.165, 1.54) is 0 Å². The summed E-state index contributed by atoms with van der Waals surface area (Å²) >= 11 is 0. The maximum absolute atomic E-state index is 11.6. The maximum atomic E-state index is 11.6. The van der Waals surface area contributed by atoms with Gasteiger partial charge < -0.3 is 15.2 Å². The minimum absolute atomic E-state index is 0.190. The summed E-state index contributed by atoms with van der Waals surface area (Å²) in [5.74, 6) is -0.709. The van der Waals surface area contributed by atoms with Crippen molar-refractivity contribution in [2.45, 2.75) is 26.1 Å². The number of nitrogens with zero attached hydrogens (tertiary/aromatic N) is 4. The molecule has 162 valence electrons. The van der Waals surface area contributed by atoms with Gasteiger partial charge in [0, 0.05) is 0 Å². The van der Waals surface area contributed by atoms with E-state index in [2.05, 4.69) is 17.2 Å². The quantitative estimate of drug-likeness (QED) is 0.529. The smallest absolute Gasteiger partial charge is 0.344 e. The zero-order valence-corrected chi connectivity index (χ0v) is 17.8. The monoisotopic (exact) mass is 429 g/mol. The fraction of sp³-hybridized carbons (Fsp3) is 0.250. The van der Waals surface area contributed by atoms with Crippen LogP contribution in [0.25, 0.3) is 6.08 Å². The Labute approximate surface area is 186 Å². The molecule has 2 N–H and O–H groups in total. The number of allylic oxidation sites excluding steroid dienone is 1. The molecule has 0 saturated heterocycles. The molecule has 1 heterocycles. The highest BCUT2D eigenvalue weighted by molar-refractivity contribution is 6.11. The van der Waals surface area contributed by atoms with E-state index in [0.717, 1.165) is 5.69 Å². The van der Waals surface area contributed by atoms with Crippen LogP contribution in [0.15, 0.2) is 65.3 Å². The SMILES string of the molecule is CC(C)OC(=O)COc1ccc(/C=C(/C#N)C2=NN(c3ccccc3)[C@H](N)[C@@H]2C#N)cc1. The van der Waals surface area contributed by atoms with E-state index in [9.17, 15) is 15.3 Å². The average Bonchev–Trinajstić information content (AvgIpc) is 3.13. The van der Waals surface area contributed by atoms with Gasteiger partial charge in [-0.05, 0) is 49.8 Å². The lowest BCUT2D eigenvalue weighted by Crippen LogP contribution is -2.40. The molecule has 8 nitrogen and oxygen atoms in total. The predicted molar refractivity (Wildman–Crippen MR) is 120 cm³/mol. The number of para-hydroxylation sites is 1. The number of hydrazone groups is 1. The normalized spacial score (nSPS) is 18.0. The van der Waals surface area contributed by atoms with Gasteiger partial charge in [-0.25, -0.2) is 9.80 Å². The first-order valence-corrected chi connectivity index (χ1v) is 10.1.